The summed E-state index contributed by atoms with van der Waals surface area (Å²) in [6, 6.07) is 16.8. The number of ether oxygens (including phenoxy) is 3. The van der Waals surface area contributed by atoms with Crippen LogP contribution in [-0.2, 0) is 25.6 Å². The Labute approximate surface area is 187 Å². The number of carbonyl (C=O) groups is 2. The van der Waals surface area contributed by atoms with Gasteiger partial charge in [0.1, 0.15) is 19.3 Å². The van der Waals surface area contributed by atoms with Crippen LogP contribution >= 0.6 is 0 Å². The number of carbonyl (C=O) groups excluding carboxylic acids is 2. The van der Waals surface area contributed by atoms with Crippen molar-refractivity contribution in [2.75, 3.05) is 43.4 Å². The average Bonchev–Trinajstić information content (AvgIpc) is 3.17. The third-order valence-corrected chi connectivity index (χ3v) is 5.68. The molecule has 2 aromatic rings. The highest BCUT2D eigenvalue weighted by Gasteiger charge is 2.34. The fraction of sp³-hybridized carbons (Fsp3) is 0.417. The van der Waals surface area contributed by atoms with Crippen LogP contribution in [0, 0.1) is 0 Å². The maximum atomic E-state index is 12.3. The van der Waals surface area contributed by atoms with Crippen molar-refractivity contribution in [1.82, 2.24) is 4.90 Å². The number of nitrogens with zero attached hydrogens (tertiary/aromatic N) is 2. The molecule has 0 saturated carbocycles. The molecular weight excluding hydrogens is 410 g/mol. The fourth-order valence-electron chi connectivity index (χ4n) is 4.05. The number of nitrogens with two attached hydrogens (primary N) is 1. The highest BCUT2D eigenvalue weighted by molar-refractivity contribution is 5.89. The molecule has 0 bridgehead atoms. The minimum absolute atomic E-state index is 0.0432. The van der Waals surface area contributed by atoms with Gasteiger partial charge in [0.25, 0.3) is 0 Å². The summed E-state index contributed by atoms with van der Waals surface area (Å²) in [4.78, 5) is 28.2. The van der Waals surface area contributed by atoms with Gasteiger partial charge >= 0.3 is 12.1 Å². The van der Waals surface area contributed by atoms with E-state index in [1.165, 1.54) is 0 Å². The Hall–Kier alpha value is -3.10. The molecule has 2 fully saturated rings. The topological polar surface area (TPSA) is 94.3 Å². The number of esters is 1. The molecule has 1 amide bonds. The molecule has 2 unspecified atom stereocenters. The minimum Gasteiger partial charge on any atom is -0.459 e. The minimum atomic E-state index is -0.366. The molecule has 0 radical (unpaired) electrons. The lowest BCUT2D eigenvalue weighted by Crippen LogP contribution is -2.44. The number of amides is 1. The Morgan fingerprint density at radius 1 is 1.09 bits per heavy atom. The van der Waals surface area contributed by atoms with E-state index in [4.69, 9.17) is 19.9 Å². The predicted molar refractivity (Wildman–Crippen MR) is 120 cm³/mol. The van der Waals surface area contributed by atoms with Gasteiger partial charge in [-0.05, 0) is 49.2 Å². The second-order valence-electron chi connectivity index (χ2n) is 8.19. The van der Waals surface area contributed by atoms with E-state index in [0.717, 1.165) is 30.6 Å². The van der Waals surface area contributed by atoms with Crippen molar-refractivity contribution in [2.24, 2.45) is 0 Å². The van der Waals surface area contributed by atoms with E-state index in [2.05, 4.69) is 4.90 Å². The number of benzene rings is 2. The number of cyclic esters (lactones) is 1. The van der Waals surface area contributed by atoms with Gasteiger partial charge in [0, 0.05) is 24.5 Å². The first-order valence-electron chi connectivity index (χ1n) is 10.9. The molecule has 2 heterocycles. The van der Waals surface area contributed by atoms with Crippen LogP contribution in [0.3, 0.4) is 0 Å². The monoisotopic (exact) mass is 439 g/mol. The maximum Gasteiger partial charge on any atom is 0.414 e. The molecule has 2 N–H and O–H groups in total. The molecule has 8 heteroatoms. The first-order chi connectivity index (χ1) is 15.6. The van der Waals surface area contributed by atoms with Crippen molar-refractivity contribution in [3.05, 3.63) is 60.2 Å². The van der Waals surface area contributed by atoms with Crippen LogP contribution < -0.4 is 10.6 Å². The van der Waals surface area contributed by atoms with E-state index < -0.39 is 0 Å². The standard InChI is InChI=1S/C24H29N3O5/c25-19-8-10-20(11-9-19)27-15-22(32-24(27)29)14-26-12-4-7-21(13-26)30-17-23(28)31-16-18-5-2-1-3-6-18/h1-3,5-6,8-11,21-22H,4,7,12-17,25H2. The summed E-state index contributed by atoms with van der Waals surface area (Å²) in [5.41, 5.74) is 8.11. The molecule has 0 aliphatic carbocycles. The maximum absolute atomic E-state index is 12.3. The summed E-state index contributed by atoms with van der Waals surface area (Å²) in [6.07, 6.45) is 1.26. The van der Waals surface area contributed by atoms with E-state index in [9.17, 15) is 9.59 Å². The van der Waals surface area contributed by atoms with Crippen molar-refractivity contribution in [3.8, 4) is 0 Å². The van der Waals surface area contributed by atoms with E-state index in [0.29, 0.717) is 25.3 Å². The molecule has 2 aliphatic heterocycles. The second-order valence-corrected chi connectivity index (χ2v) is 8.19. The van der Waals surface area contributed by atoms with Crippen LogP contribution in [0.15, 0.2) is 54.6 Å². The van der Waals surface area contributed by atoms with Gasteiger partial charge in [-0.1, -0.05) is 30.3 Å². The molecule has 4 rings (SSSR count). The van der Waals surface area contributed by atoms with Crippen molar-refractivity contribution >= 4 is 23.4 Å². The van der Waals surface area contributed by atoms with Crippen molar-refractivity contribution in [1.29, 1.82) is 0 Å². The molecule has 0 aromatic heterocycles. The molecule has 8 nitrogen and oxygen atoms in total. The molecule has 0 spiro atoms. The average molecular weight is 440 g/mol. The fourth-order valence-corrected chi connectivity index (χ4v) is 4.05. The number of anilines is 2. The predicted octanol–water partition coefficient (Wildman–Crippen LogP) is 2.82. The zero-order valence-corrected chi connectivity index (χ0v) is 18.0. The van der Waals surface area contributed by atoms with E-state index in [1.807, 2.05) is 42.5 Å². The van der Waals surface area contributed by atoms with E-state index in [1.54, 1.807) is 17.0 Å². The molecular formula is C24H29N3O5. The quantitative estimate of drug-likeness (QED) is 0.499. The first kappa shape index (κ1) is 22.1. The van der Waals surface area contributed by atoms with Crippen LogP contribution in [0.1, 0.15) is 18.4 Å². The number of hydrogen-bond donors (Lipinski definition) is 1. The van der Waals surface area contributed by atoms with Gasteiger partial charge in [0.2, 0.25) is 0 Å². The van der Waals surface area contributed by atoms with Gasteiger partial charge in [0.15, 0.2) is 0 Å². The largest absolute Gasteiger partial charge is 0.459 e. The molecule has 2 aromatic carbocycles. The summed E-state index contributed by atoms with van der Waals surface area (Å²) >= 11 is 0. The Kier molecular flexibility index (Phi) is 7.24. The number of rotatable bonds is 8. The number of nitrogen functional groups attached to an aromatic ring is 1. The Bertz CT molecular complexity index is 906. The van der Waals surface area contributed by atoms with Gasteiger partial charge in [0.05, 0.1) is 12.6 Å². The Balaban J connectivity index is 1.20. The zero-order valence-electron chi connectivity index (χ0n) is 18.0. The third-order valence-electron chi connectivity index (χ3n) is 5.68. The summed E-state index contributed by atoms with van der Waals surface area (Å²) < 4.78 is 16.7. The van der Waals surface area contributed by atoms with Crippen molar-refractivity contribution in [2.45, 2.75) is 31.7 Å². The Morgan fingerprint density at radius 3 is 2.66 bits per heavy atom. The lowest BCUT2D eigenvalue weighted by atomic mass is 10.1. The second kappa shape index (κ2) is 10.5. The van der Waals surface area contributed by atoms with Crippen molar-refractivity contribution in [3.63, 3.8) is 0 Å². The summed E-state index contributed by atoms with van der Waals surface area (Å²) in [5, 5.41) is 0. The molecule has 2 aliphatic rings. The normalized spacial score (nSPS) is 21.4. The SMILES string of the molecule is Nc1ccc(N2CC(CN3CCCC(OCC(=O)OCc4ccccc4)C3)OC2=O)cc1. The molecule has 170 valence electrons. The number of likely N-dealkylation sites (tertiary alicyclic amines) is 1. The summed E-state index contributed by atoms with van der Waals surface area (Å²) in [6.45, 7) is 2.92. The van der Waals surface area contributed by atoms with Crippen LogP contribution in [0.5, 0.6) is 0 Å². The molecule has 2 saturated heterocycles. The van der Waals surface area contributed by atoms with Crippen molar-refractivity contribution < 1.29 is 23.8 Å². The van der Waals surface area contributed by atoms with Gasteiger partial charge in [-0.25, -0.2) is 9.59 Å². The summed E-state index contributed by atoms with van der Waals surface area (Å²) in [5.74, 6) is -0.366. The van der Waals surface area contributed by atoms with E-state index >= 15 is 0 Å². The lowest BCUT2D eigenvalue weighted by molar-refractivity contribution is -0.153. The number of hydrogen-bond acceptors (Lipinski definition) is 7. The van der Waals surface area contributed by atoms with Gasteiger partial charge in [-0.3, -0.25) is 9.80 Å². The number of piperidine rings is 1. The summed E-state index contributed by atoms with van der Waals surface area (Å²) in [7, 11) is 0. The van der Waals surface area contributed by atoms with Crippen LogP contribution in [-0.4, -0.2) is 62.0 Å². The smallest absolute Gasteiger partial charge is 0.414 e. The van der Waals surface area contributed by atoms with Gasteiger partial charge in [-0.2, -0.15) is 0 Å². The van der Waals surface area contributed by atoms with Gasteiger partial charge in [-0.15, -0.1) is 0 Å². The van der Waals surface area contributed by atoms with Crippen LogP contribution in [0.2, 0.25) is 0 Å². The van der Waals surface area contributed by atoms with Gasteiger partial charge < -0.3 is 19.9 Å². The van der Waals surface area contributed by atoms with Crippen LogP contribution in [0.4, 0.5) is 16.2 Å². The Morgan fingerprint density at radius 2 is 1.88 bits per heavy atom. The highest BCUT2D eigenvalue weighted by Crippen LogP contribution is 2.24. The highest BCUT2D eigenvalue weighted by atomic mass is 16.6. The van der Waals surface area contributed by atoms with E-state index in [-0.39, 0.29) is 37.5 Å². The first-order valence-corrected chi connectivity index (χ1v) is 10.9. The van der Waals surface area contributed by atoms with Crippen LogP contribution in [0.25, 0.3) is 0 Å². The zero-order chi connectivity index (χ0) is 22.3. The molecule has 32 heavy (non-hydrogen) atoms. The lowest BCUT2D eigenvalue weighted by Gasteiger charge is -2.33. The molecule has 2 atom stereocenters. The third kappa shape index (κ3) is 5.99.